The van der Waals surface area contributed by atoms with Crippen LogP contribution in [-0.4, -0.2) is 88.9 Å². The standard InChI is InChI=1S/C36H44FN7O5/c1-3-23(2)32(43(18-20-48-19-15-37)17-14-31-40-27-9-4-5-10-30(27)49-31)35(46)41-28-12-11-24-7-6-8-25-21-29(44(33(24)25)36(28)47)34(45)38-22-26-13-16-39-42-26/h4-10,13,16,23,28-29,32H,3,11-12,14-15,17-22H2,1-2H3,(H,38,45)(H,39,42)(H,41,46)/t23-,28?,29?,32-/m0/s1. The fourth-order valence-corrected chi connectivity index (χ4v) is 6.92. The summed E-state index contributed by atoms with van der Waals surface area (Å²) in [5.41, 5.74) is 4.90. The fraction of sp³-hybridized carbons (Fsp3) is 0.472. The second-order valence-electron chi connectivity index (χ2n) is 12.7. The number of aryl methyl sites for hydroxylation is 1. The van der Waals surface area contributed by atoms with Crippen LogP contribution in [0.2, 0.25) is 0 Å². The average molecular weight is 674 g/mol. The zero-order valence-electron chi connectivity index (χ0n) is 28.0. The number of nitrogens with zero attached hydrogens (tertiary/aromatic N) is 4. The van der Waals surface area contributed by atoms with Gasteiger partial charge in [0.25, 0.3) is 0 Å². The van der Waals surface area contributed by atoms with Gasteiger partial charge in [0.05, 0.1) is 37.2 Å². The van der Waals surface area contributed by atoms with E-state index in [1.54, 1.807) is 17.2 Å². The summed E-state index contributed by atoms with van der Waals surface area (Å²) in [4.78, 5) is 50.4. The molecule has 3 N–H and O–H groups in total. The van der Waals surface area contributed by atoms with Gasteiger partial charge >= 0.3 is 0 Å². The molecule has 3 amide bonds. The quantitative estimate of drug-likeness (QED) is 0.153. The predicted molar refractivity (Wildman–Crippen MR) is 181 cm³/mol. The van der Waals surface area contributed by atoms with Gasteiger partial charge in [-0.1, -0.05) is 50.6 Å². The highest BCUT2D eigenvalue weighted by molar-refractivity contribution is 6.08. The second kappa shape index (κ2) is 15.7. The third-order valence-corrected chi connectivity index (χ3v) is 9.58. The van der Waals surface area contributed by atoms with Crippen molar-refractivity contribution in [3.05, 3.63) is 77.4 Å². The Morgan fingerprint density at radius 3 is 2.76 bits per heavy atom. The zero-order valence-corrected chi connectivity index (χ0v) is 28.0. The Balaban J connectivity index is 1.21. The lowest BCUT2D eigenvalue weighted by Crippen LogP contribution is -2.58. The summed E-state index contributed by atoms with van der Waals surface area (Å²) in [6.45, 7) is 4.72. The number of hydrogen-bond acceptors (Lipinski definition) is 8. The van der Waals surface area contributed by atoms with E-state index in [0.717, 1.165) is 28.0 Å². The van der Waals surface area contributed by atoms with Crippen molar-refractivity contribution >= 4 is 34.5 Å². The number of oxazole rings is 1. The lowest BCUT2D eigenvalue weighted by atomic mass is 9.95. The molecule has 4 aromatic rings. The molecule has 0 aliphatic carbocycles. The van der Waals surface area contributed by atoms with E-state index in [1.165, 1.54) is 0 Å². The van der Waals surface area contributed by atoms with Crippen LogP contribution in [0.1, 0.15) is 49.4 Å². The van der Waals surface area contributed by atoms with Gasteiger partial charge in [0.1, 0.15) is 24.3 Å². The smallest absolute Gasteiger partial charge is 0.250 e. The lowest BCUT2D eigenvalue weighted by molar-refractivity contribution is -0.133. The van der Waals surface area contributed by atoms with Crippen molar-refractivity contribution in [3.63, 3.8) is 0 Å². The average Bonchev–Trinajstić information content (AvgIpc) is 3.86. The third kappa shape index (κ3) is 7.67. The number of nitrogens with one attached hydrogen (secondary N) is 3. The largest absolute Gasteiger partial charge is 0.441 e. The first-order valence-electron chi connectivity index (χ1n) is 17.1. The summed E-state index contributed by atoms with van der Waals surface area (Å²) in [5.74, 6) is -0.375. The summed E-state index contributed by atoms with van der Waals surface area (Å²) in [7, 11) is 0. The van der Waals surface area contributed by atoms with E-state index in [-0.39, 0.29) is 43.4 Å². The van der Waals surface area contributed by atoms with E-state index < -0.39 is 24.8 Å². The number of carbonyl (C=O) groups is 3. The summed E-state index contributed by atoms with van der Waals surface area (Å²) in [5, 5.41) is 12.8. The van der Waals surface area contributed by atoms with E-state index in [1.807, 2.05) is 61.2 Å². The molecule has 0 spiro atoms. The van der Waals surface area contributed by atoms with Crippen molar-refractivity contribution in [1.82, 2.24) is 30.7 Å². The van der Waals surface area contributed by atoms with Crippen molar-refractivity contribution in [3.8, 4) is 0 Å². The van der Waals surface area contributed by atoms with Gasteiger partial charge in [-0.2, -0.15) is 5.10 Å². The van der Waals surface area contributed by atoms with Crippen LogP contribution in [-0.2, 0) is 44.9 Å². The lowest BCUT2D eigenvalue weighted by Gasteiger charge is -2.35. The Labute approximate surface area is 284 Å². The number of alkyl halides is 1. The van der Waals surface area contributed by atoms with E-state index in [0.29, 0.717) is 56.7 Å². The molecular formula is C36H44FN7O5. The molecule has 6 rings (SSSR count). The molecule has 13 heteroatoms. The van der Waals surface area contributed by atoms with E-state index in [9.17, 15) is 18.8 Å². The van der Waals surface area contributed by atoms with E-state index >= 15 is 0 Å². The number of aromatic amines is 1. The van der Waals surface area contributed by atoms with E-state index in [4.69, 9.17) is 9.15 Å². The maximum Gasteiger partial charge on any atom is 0.250 e. The van der Waals surface area contributed by atoms with Gasteiger partial charge in [-0.3, -0.25) is 29.3 Å². The van der Waals surface area contributed by atoms with Crippen molar-refractivity contribution in [2.45, 2.75) is 70.6 Å². The van der Waals surface area contributed by atoms with Crippen LogP contribution in [0.3, 0.4) is 0 Å². The van der Waals surface area contributed by atoms with Gasteiger partial charge in [-0.05, 0) is 48.1 Å². The maximum absolute atomic E-state index is 14.4. The maximum atomic E-state index is 14.4. The molecule has 4 atom stereocenters. The van der Waals surface area contributed by atoms with Crippen molar-refractivity contribution in [2.75, 3.05) is 37.9 Å². The Morgan fingerprint density at radius 1 is 1.14 bits per heavy atom. The van der Waals surface area contributed by atoms with Crippen LogP contribution in [0.15, 0.2) is 59.1 Å². The summed E-state index contributed by atoms with van der Waals surface area (Å²) in [6.07, 6.45) is 4.14. The van der Waals surface area contributed by atoms with Crippen LogP contribution in [0, 0.1) is 5.92 Å². The van der Waals surface area contributed by atoms with Crippen molar-refractivity contribution in [1.29, 1.82) is 0 Å². The first-order chi connectivity index (χ1) is 23.9. The number of aromatic nitrogens is 3. The normalized spacial score (nSPS) is 18.4. The highest BCUT2D eigenvalue weighted by atomic mass is 19.1. The molecule has 0 saturated heterocycles. The van der Waals surface area contributed by atoms with Gasteiger partial charge in [-0.25, -0.2) is 9.37 Å². The molecule has 0 bridgehead atoms. The number of halogens is 1. The summed E-state index contributed by atoms with van der Waals surface area (Å²) in [6, 6.07) is 13.0. The number of benzene rings is 2. The number of rotatable bonds is 16. The highest BCUT2D eigenvalue weighted by Crippen LogP contribution is 2.39. The third-order valence-electron chi connectivity index (χ3n) is 9.58. The topological polar surface area (TPSA) is 146 Å². The number of H-pyrrole nitrogens is 1. The fourth-order valence-electron chi connectivity index (χ4n) is 6.92. The number of fused-ring (bicyclic) bond motifs is 1. The highest BCUT2D eigenvalue weighted by Gasteiger charge is 2.44. The molecule has 12 nitrogen and oxygen atoms in total. The molecule has 0 fully saturated rings. The molecular weight excluding hydrogens is 629 g/mol. The zero-order chi connectivity index (χ0) is 34.3. The number of para-hydroxylation sites is 3. The molecule has 0 saturated carbocycles. The Hall–Kier alpha value is -4.62. The molecule has 2 aromatic heterocycles. The Bertz CT molecular complexity index is 1710. The number of carbonyl (C=O) groups excluding carboxylic acids is 3. The first kappa shape index (κ1) is 34.3. The van der Waals surface area contributed by atoms with Crippen molar-refractivity contribution in [2.24, 2.45) is 5.92 Å². The second-order valence-corrected chi connectivity index (χ2v) is 12.7. The SMILES string of the molecule is CC[C@H](C)[C@@H](C(=O)NC1CCc2cccc3c2N(C1=O)C(C(=O)NCc1ccn[nH]1)C3)N(CCOCCF)CCc1nc2ccccc2o1. The first-order valence-corrected chi connectivity index (χ1v) is 17.1. The van der Waals surface area contributed by atoms with E-state index in [2.05, 4.69) is 25.8 Å². The molecule has 2 aliphatic rings. The van der Waals surface area contributed by atoms with Crippen LogP contribution < -0.4 is 15.5 Å². The molecule has 2 aromatic carbocycles. The van der Waals surface area contributed by atoms with Crippen molar-refractivity contribution < 1.29 is 27.9 Å². The molecule has 4 heterocycles. The molecule has 0 radical (unpaired) electrons. The van der Waals surface area contributed by atoms with Gasteiger partial charge in [0.2, 0.25) is 17.7 Å². The van der Waals surface area contributed by atoms with Crippen LogP contribution >= 0.6 is 0 Å². The van der Waals surface area contributed by atoms with Crippen LogP contribution in [0.4, 0.5) is 10.1 Å². The number of ether oxygens (including phenoxy) is 1. The summed E-state index contributed by atoms with van der Waals surface area (Å²) < 4.78 is 24.3. The van der Waals surface area contributed by atoms with Gasteiger partial charge in [0.15, 0.2) is 11.5 Å². The minimum Gasteiger partial charge on any atom is -0.441 e. The Morgan fingerprint density at radius 2 is 1.98 bits per heavy atom. The molecule has 260 valence electrons. The number of hydrogen-bond donors (Lipinski definition) is 3. The van der Waals surface area contributed by atoms with Crippen LogP contribution in [0.25, 0.3) is 11.1 Å². The molecule has 2 unspecified atom stereocenters. The van der Waals surface area contributed by atoms with Gasteiger partial charge < -0.3 is 19.8 Å². The monoisotopic (exact) mass is 673 g/mol. The minimum atomic E-state index is -0.831. The Kier molecular flexibility index (Phi) is 11.0. The minimum absolute atomic E-state index is 0.0231. The van der Waals surface area contributed by atoms with Gasteiger partial charge in [-0.15, -0.1) is 0 Å². The number of anilines is 1. The van der Waals surface area contributed by atoms with Gasteiger partial charge in [0, 0.05) is 32.1 Å². The molecule has 2 aliphatic heterocycles. The number of amides is 3. The predicted octanol–water partition coefficient (Wildman–Crippen LogP) is 3.50. The summed E-state index contributed by atoms with van der Waals surface area (Å²) >= 11 is 0. The molecule has 49 heavy (non-hydrogen) atoms. The van der Waals surface area contributed by atoms with Crippen LogP contribution in [0.5, 0.6) is 0 Å².